The summed E-state index contributed by atoms with van der Waals surface area (Å²) >= 11 is 0. The Bertz CT molecular complexity index is 681. The van der Waals surface area contributed by atoms with Gasteiger partial charge in [0.05, 0.1) is 6.04 Å². The van der Waals surface area contributed by atoms with Crippen molar-refractivity contribution < 1.29 is 4.79 Å². The van der Waals surface area contributed by atoms with Gasteiger partial charge in [0.25, 0.3) is 0 Å². The predicted molar refractivity (Wildman–Crippen MR) is 84.9 cm³/mol. The molecule has 0 radical (unpaired) electrons. The number of fused-ring (bicyclic) bond motifs is 3. The maximum absolute atomic E-state index is 12.6. The third-order valence-corrected chi connectivity index (χ3v) is 4.39. The van der Waals surface area contributed by atoms with Gasteiger partial charge in [-0.2, -0.15) is 0 Å². The van der Waals surface area contributed by atoms with E-state index in [9.17, 15) is 4.79 Å². The first-order valence-corrected chi connectivity index (χ1v) is 7.51. The number of aromatic amines is 1. The summed E-state index contributed by atoms with van der Waals surface area (Å²) in [7, 11) is 0. The molecule has 1 unspecified atom stereocenters. The number of carbonyl (C=O) groups is 1. The minimum Gasteiger partial charge on any atom is -0.358 e. The molecule has 0 saturated carbocycles. The summed E-state index contributed by atoms with van der Waals surface area (Å²) in [6.45, 7) is 7.42. The average Bonchev–Trinajstić information content (AvgIpc) is 2.82. The monoisotopic (exact) mass is 285 g/mol. The maximum atomic E-state index is 12.6. The number of H-pyrrole nitrogens is 1. The maximum Gasteiger partial charge on any atom is 0.240 e. The lowest BCUT2D eigenvalue weighted by atomic mass is 9.86. The number of hydrogen-bond acceptors (Lipinski definition) is 2. The van der Waals surface area contributed by atoms with Crippen molar-refractivity contribution in [3.05, 3.63) is 35.5 Å². The normalized spacial score (nSPS) is 16.9. The molecule has 4 heteroatoms. The van der Waals surface area contributed by atoms with Crippen molar-refractivity contribution >= 4 is 16.8 Å². The number of rotatable bonds is 1. The van der Waals surface area contributed by atoms with E-state index in [2.05, 4.69) is 17.1 Å². The van der Waals surface area contributed by atoms with Crippen LogP contribution in [-0.2, 0) is 17.8 Å². The largest absolute Gasteiger partial charge is 0.358 e. The van der Waals surface area contributed by atoms with E-state index in [1.807, 2.05) is 37.8 Å². The van der Waals surface area contributed by atoms with Crippen molar-refractivity contribution in [3.63, 3.8) is 0 Å². The molecule has 1 amide bonds. The van der Waals surface area contributed by atoms with Crippen molar-refractivity contribution in [2.45, 2.75) is 39.8 Å². The van der Waals surface area contributed by atoms with E-state index in [1.165, 1.54) is 16.6 Å². The molecule has 0 spiro atoms. The highest BCUT2D eigenvalue weighted by atomic mass is 16.2. The molecule has 1 aliphatic heterocycles. The Balaban J connectivity index is 1.89. The smallest absolute Gasteiger partial charge is 0.240 e. The van der Waals surface area contributed by atoms with Crippen LogP contribution in [0, 0.1) is 5.41 Å². The van der Waals surface area contributed by atoms with Crippen LogP contribution in [-0.4, -0.2) is 28.4 Å². The van der Waals surface area contributed by atoms with E-state index in [1.54, 1.807) is 0 Å². The van der Waals surface area contributed by atoms with Gasteiger partial charge in [-0.15, -0.1) is 0 Å². The van der Waals surface area contributed by atoms with Crippen LogP contribution in [0.15, 0.2) is 24.3 Å². The Morgan fingerprint density at radius 2 is 2.05 bits per heavy atom. The number of nitrogens with two attached hydrogens (primary N) is 1. The van der Waals surface area contributed by atoms with E-state index < -0.39 is 6.04 Å². The molecule has 4 nitrogen and oxygen atoms in total. The van der Waals surface area contributed by atoms with Gasteiger partial charge >= 0.3 is 0 Å². The Morgan fingerprint density at radius 1 is 1.33 bits per heavy atom. The van der Waals surface area contributed by atoms with E-state index >= 15 is 0 Å². The molecule has 0 bridgehead atoms. The van der Waals surface area contributed by atoms with E-state index in [-0.39, 0.29) is 11.3 Å². The summed E-state index contributed by atoms with van der Waals surface area (Å²) in [5.74, 6) is 0.0541. The summed E-state index contributed by atoms with van der Waals surface area (Å²) in [6.07, 6.45) is 0.868. The Labute approximate surface area is 125 Å². The van der Waals surface area contributed by atoms with E-state index in [0.29, 0.717) is 6.54 Å². The minimum atomic E-state index is -0.454. The molecule has 3 N–H and O–H groups in total. The highest BCUT2D eigenvalue weighted by Gasteiger charge is 2.33. The number of hydrogen-bond donors (Lipinski definition) is 2. The summed E-state index contributed by atoms with van der Waals surface area (Å²) < 4.78 is 0. The third kappa shape index (κ3) is 2.44. The van der Waals surface area contributed by atoms with E-state index in [4.69, 9.17) is 5.73 Å². The summed E-state index contributed by atoms with van der Waals surface area (Å²) in [4.78, 5) is 18.0. The van der Waals surface area contributed by atoms with Crippen LogP contribution in [0.1, 0.15) is 32.0 Å². The molecule has 0 aliphatic carbocycles. The molecule has 1 aromatic heterocycles. The van der Waals surface area contributed by atoms with Gasteiger partial charge in [-0.05, 0) is 11.5 Å². The SMILES string of the molecule is CC(C)(C)C(N)C(=O)N1CCc2[nH]c3ccccc3c2C1. The fraction of sp³-hybridized carbons (Fsp3) is 0.471. The zero-order valence-electron chi connectivity index (χ0n) is 12.9. The quantitative estimate of drug-likeness (QED) is 0.845. The lowest BCUT2D eigenvalue weighted by Gasteiger charge is -2.34. The second-order valence-corrected chi connectivity index (χ2v) is 6.98. The van der Waals surface area contributed by atoms with Crippen molar-refractivity contribution in [2.75, 3.05) is 6.54 Å². The van der Waals surface area contributed by atoms with Gasteiger partial charge in [0.15, 0.2) is 0 Å². The van der Waals surface area contributed by atoms with Crippen molar-refractivity contribution in [1.82, 2.24) is 9.88 Å². The molecule has 21 heavy (non-hydrogen) atoms. The molecular weight excluding hydrogens is 262 g/mol. The Kier molecular flexibility index (Phi) is 3.29. The van der Waals surface area contributed by atoms with Crippen LogP contribution in [0.2, 0.25) is 0 Å². The summed E-state index contributed by atoms with van der Waals surface area (Å²) in [5.41, 5.74) is 9.57. The van der Waals surface area contributed by atoms with E-state index in [0.717, 1.165) is 18.5 Å². The number of nitrogens with one attached hydrogen (secondary N) is 1. The van der Waals surface area contributed by atoms with Gasteiger partial charge in [-0.25, -0.2) is 0 Å². The predicted octanol–water partition coefficient (Wildman–Crippen LogP) is 2.43. The zero-order valence-corrected chi connectivity index (χ0v) is 12.9. The lowest BCUT2D eigenvalue weighted by molar-refractivity contribution is -0.135. The number of para-hydroxylation sites is 1. The summed E-state index contributed by atoms with van der Waals surface area (Å²) in [6, 6.07) is 7.81. The lowest BCUT2D eigenvalue weighted by Crippen LogP contribution is -2.51. The molecule has 1 aromatic carbocycles. The highest BCUT2D eigenvalue weighted by molar-refractivity contribution is 5.87. The van der Waals surface area contributed by atoms with Crippen LogP contribution in [0.4, 0.5) is 0 Å². The molecule has 2 heterocycles. The van der Waals surface area contributed by atoms with Crippen LogP contribution in [0.3, 0.4) is 0 Å². The van der Waals surface area contributed by atoms with Crippen LogP contribution >= 0.6 is 0 Å². The molecule has 0 fully saturated rings. The molecular formula is C17H23N3O. The Morgan fingerprint density at radius 3 is 2.76 bits per heavy atom. The molecule has 1 atom stereocenters. The van der Waals surface area contributed by atoms with Gasteiger partial charge in [0.2, 0.25) is 5.91 Å². The van der Waals surface area contributed by atoms with Crippen molar-refractivity contribution in [1.29, 1.82) is 0 Å². The number of carbonyl (C=O) groups excluding carboxylic acids is 1. The number of amides is 1. The summed E-state index contributed by atoms with van der Waals surface area (Å²) in [5, 5.41) is 1.22. The van der Waals surface area contributed by atoms with Gasteiger partial charge in [-0.1, -0.05) is 39.0 Å². The first kappa shape index (κ1) is 14.1. The number of aromatic nitrogens is 1. The molecule has 3 rings (SSSR count). The first-order valence-electron chi connectivity index (χ1n) is 7.51. The number of nitrogens with zero attached hydrogens (tertiary/aromatic N) is 1. The molecule has 112 valence electrons. The highest BCUT2D eigenvalue weighted by Crippen LogP contribution is 2.29. The minimum absolute atomic E-state index is 0.0541. The second-order valence-electron chi connectivity index (χ2n) is 6.98. The number of benzene rings is 1. The third-order valence-electron chi connectivity index (χ3n) is 4.39. The van der Waals surface area contributed by atoms with Gasteiger partial charge in [0.1, 0.15) is 0 Å². The first-order chi connectivity index (χ1) is 9.88. The average molecular weight is 285 g/mol. The molecule has 1 aliphatic rings. The zero-order chi connectivity index (χ0) is 15.2. The fourth-order valence-corrected chi connectivity index (χ4v) is 2.92. The van der Waals surface area contributed by atoms with Crippen molar-refractivity contribution in [2.24, 2.45) is 11.1 Å². The topological polar surface area (TPSA) is 62.1 Å². The standard InChI is InChI=1S/C17H23N3O/c1-17(2,3)15(18)16(21)20-9-8-14-12(10-20)11-6-4-5-7-13(11)19-14/h4-7,15,19H,8-10,18H2,1-3H3. The van der Waals surface area contributed by atoms with Gasteiger partial charge in [-0.3, -0.25) is 4.79 Å². The van der Waals surface area contributed by atoms with Crippen LogP contribution in [0.5, 0.6) is 0 Å². The molecule has 2 aromatic rings. The Hall–Kier alpha value is -1.81. The molecule has 0 saturated heterocycles. The van der Waals surface area contributed by atoms with Crippen LogP contribution < -0.4 is 5.73 Å². The second kappa shape index (κ2) is 4.88. The van der Waals surface area contributed by atoms with Gasteiger partial charge in [0, 0.05) is 41.7 Å². The van der Waals surface area contributed by atoms with Crippen LogP contribution in [0.25, 0.3) is 10.9 Å². The fourth-order valence-electron chi connectivity index (χ4n) is 2.92. The van der Waals surface area contributed by atoms with Gasteiger partial charge < -0.3 is 15.6 Å². The van der Waals surface area contributed by atoms with Crippen molar-refractivity contribution in [3.8, 4) is 0 Å².